The molecule has 2 heterocycles. The largest absolute Gasteiger partial charge is 0.447 e. The molecule has 2 aliphatic heterocycles. The van der Waals surface area contributed by atoms with Crippen molar-refractivity contribution >= 4 is 6.09 Å². The van der Waals surface area contributed by atoms with Crippen molar-refractivity contribution in [3.63, 3.8) is 0 Å². The maximum atomic E-state index is 11.0. The van der Waals surface area contributed by atoms with E-state index in [1.165, 1.54) is 31.5 Å². The molecule has 0 aliphatic carbocycles. The minimum absolute atomic E-state index is 0.0130. The van der Waals surface area contributed by atoms with E-state index >= 15 is 0 Å². The van der Waals surface area contributed by atoms with Gasteiger partial charge >= 0.3 is 6.09 Å². The number of alkyl carbamates (subject to hydrolysis) is 1. The lowest BCUT2D eigenvalue weighted by Gasteiger charge is -2.29. The van der Waals surface area contributed by atoms with Gasteiger partial charge in [0, 0.05) is 0 Å². The van der Waals surface area contributed by atoms with Crippen molar-refractivity contribution < 1.29 is 9.53 Å². The van der Waals surface area contributed by atoms with Crippen molar-refractivity contribution in [2.45, 2.75) is 24.8 Å². The highest BCUT2D eigenvalue weighted by Gasteiger charge is 2.24. The van der Waals surface area contributed by atoms with Crippen LogP contribution in [0.15, 0.2) is 24.3 Å². The maximum Gasteiger partial charge on any atom is 0.407 e. The summed E-state index contributed by atoms with van der Waals surface area (Å²) in [6, 6.07) is 8.66. The number of carbonyl (C=O) groups is 1. The number of piperidine rings is 1. The van der Waals surface area contributed by atoms with Gasteiger partial charge in [0.05, 0.1) is 6.04 Å². The Morgan fingerprint density at radius 1 is 1.16 bits per heavy atom. The second kappa shape index (κ2) is 5.21. The minimum Gasteiger partial charge on any atom is -0.447 e. The van der Waals surface area contributed by atoms with E-state index in [4.69, 9.17) is 4.74 Å². The van der Waals surface area contributed by atoms with Gasteiger partial charge in [-0.15, -0.1) is 0 Å². The first-order chi connectivity index (χ1) is 9.22. The third-order valence-electron chi connectivity index (χ3n) is 4.20. The molecule has 1 aromatic rings. The SMILES string of the molecule is CN1CCC(c2ccc(C3COC(=O)N3)cc2)CC1. The van der Waals surface area contributed by atoms with Gasteiger partial charge in [-0.1, -0.05) is 24.3 Å². The molecular formula is C15H20N2O2. The number of hydrogen-bond acceptors (Lipinski definition) is 3. The number of hydrogen-bond donors (Lipinski definition) is 1. The van der Waals surface area contributed by atoms with Crippen LogP contribution in [0, 0.1) is 0 Å². The van der Waals surface area contributed by atoms with Crippen LogP contribution >= 0.6 is 0 Å². The number of rotatable bonds is 2. The first-order valence-corrected chi connectivity index (χ1v) is 6.94. The topological polar surface area (TPSA) is 41.6 Å². The van der Waals surface area contributed by atoms with Crippen molar-refractivity contribution in [1.29, 1.82) is 0 Å². The second-order valence-corrected chi connectivity index (χ2v) is 5.54. The zero-order valence-electron chi connectivity index (χ0n) is 11.3. The van der Waals surface area contributed by atoms with E-state index in [2.05, 4.69) is 41.5 Å². The number of likely N-dealkylation sites (tertiary alicyclic amines) is 1. The van der Waals surface area contributed by atoms with Crippen LogP contribution in [0.3, 0.4) is 0 Å². The highest BCUT2D eigenvalue weighted by atomic mass is 16.6. The first kappa shape index (κ1) is 12.5. The molecular weight excluding hydrogens is 240 g/mol. The average molecular weight is 260 g/mol. The van der Waals surface area contributed by atoms with Gasteiger partial charge in [0.1, 0.15) is 6.61 Å². The molecule has 1 atom stereocenters. The summed E-state index contributed by atoms with van der Waals surface area (Å²) in [5, 5.41) is 2.81. The molecule has 0 radical (unpaired) electrons. The van der Waals surface area contributed by atoms with Crippen LogP contribution in [0.2, 0.25) is 0 Å². The molecule has 0 spiro atoms. The molecule has 102 valence electrons. The lowest BCUT2D eigenvalue weighted by atomic mass is 9.89. The Labute approximate surface area is 113 Å². The summed E-state index contributed by atoms with van der Waals surface area (Å²) in [6.45, 7) is 2.80. The summed E-state index contributed by atoms with van der Waals surface area (Å²) in [6.07, 6.45) is 2.16. The fourth-order valence-electron chi connectivity index (χ4n) is 2.91. The van der Waals surface area contributed by atoms with E-state index < -0.39 is 0 Å². The highest BCUT2D eigenvalue weighted by Crippen LogP contribution is 2.28. The van der Waals surface area contributed by atoms with Crippen molar-refractivity contribution in [2.24, 2.45) is 0 Å². The second-order valence-electron chi connectivity index (χ2n) is 5.54. The van der Waals surface area contributed by atoms with Gasteiger partial charge in [-0.3, -0.25) is 0 Å². The molecule has 4 heteroatoms. The van der Waals surface area contributed by atoms with Crippen molar-refractivity contribution in [2.75, 3.05) is 26.7 Å². The molecule has 2 aliphatic rings. The zero-order valence-corrected chi connectivity index (χ0v) is 11.3. The summed E-state index contributed by atoms with van der Waals surface area (Å²) in [7, 11) is 2.18. The molecule has 2 saturated heterocycles. The smallest absolute Gasteiger partial charge is 0.407 e. The van der Waals surface area contributed by atoms with Gasteiger partial charge in [-0.25, -0.2) is 4.79 Å². The van der Waals surface area contributed by atoms with E-state index in [0.717, 1.165) is 5.56 Å². The van der Waals surface area contributed by atoms with E-state index in [9.17, 15) is 4.79 Å². The molecule has 0 saturated carbocycles. The van der Waals surface area contributed by atoms with Gasteiger partial charge in [-0.2, -0.15) is 0 Å². The van der Waals surface area contributed by atoms with Gasteiger partial charge in [0.2, 0.25) is 0 Å². The van der Waals surface area contributed by atoms with Crippen molar-refractivity contribution in [1.82, 2.24) is 10.2 Å². The quantitative estimate of drug-likeness (QED) is 0.887. The Morgan fingerprint density at radius 2 is 1.79 bits per heavy atom. The van der Waals surface area contributed by atoms with Crippen LogP contribution in [0.25, 0.3) is 0 Å². The molecule has 1 amide bonds. The van der Waals surface area contributed by atoms with Crippen LogP contribution in [0.1, 0.15) is 35.9 Å². The van der Waals surface area contributed by atoms with Crippen molar-refractivity contribution in [3.8, 4) is 0 Å². The number of carbonyl (C=O) groups excluding carboxylic acids is 1. The van der Waals surface area contributed by atoms with E-state index in [0.29, 0.717) is 12.5 Å². The zero-order chi connectivity index (χ0) is 13.2. The van der Waals surface area contributed by atoms with E-state index in [1.807, 2.05) is 0 Å². The normalized spacial score (nSPS) is 25.1. The number of nitrogens with zero attached hydrogens (tertiary/aromatic N) is 1. The molecule has 1 N–H and O–H groups in total. The molecule has 0 aromatic heterocycles. The third kappa shape index (κ3) is 2.73. The summed E-state index contributed by atoms with van der Waals surface area (Å²) in [4.78, 5) is 13.4. The number of ether oxygens (including phenoxy) is 1. The Hall–Kier alpha value is -1.55. The average Bonchev–Trinajstić information content (AvgIpc) is 2.87. The molecule has 1 unspecified atom stereocenters. The fourth-order valence-corrected chi connectivity index (χ4v) is 2.91. The molecule has 19 heavy (non-hydrogen) atoms. The Morgan fingerprint density at radius 3 is 2.37 bits per heavy atom. The van der Waals surface area contributed by atoms with Crippen LogP contribution in [0.4, 0.5) is 4.79 Å². The van der Waals surface area contributed by atoms with Crippen LogP contribution < -0.4 is 5.32 Å². The Balaban J connectivity index is 1.67. The van der Waals surface area contributed by atoms with E-state index in [1.54, 1.807) is 0 Å². The van der Waals surface area contributed by atoms with Gasteiger partial charge in [-0.05, 0) is 50.0 Å². The summed E-state index contributed by atoms with van der Waals surface area (Å²) < 4.78 is 4.92. The highest BCUT2D eigenvalue weighted by molar-refractivity contribution is 5.70. The molecule has 4 nitrogen and oxygen atoms in total. The van der Waals surface area contributed by atoms with Crippen molar-refractivity contribution in [3.05, 3.63) is 35.4 Å². The molecule has 0 bridgehead atoms. The lowest BCUT2D eigenvalue weighted by molar-refractivity contribution is 0.177. The van der Waals surface area contributed by atoms with Gasteiger partial charge in [0.25, 0.3) is 0 Å². The molecule has 3 rings (SSSR count). The first-order valence-electron chi connectivity index (χ1n) is 6.94. The number of amides is 1. The van der Waals surface area contributed by atoms with Gasteiger partial charge < -0.3 is 15.0 Å². The summed E-state index contributed by atoms with van der Waals surface area (Å²) in [5.41, 5.74) is 2.55. The number of benzene rings is 1. The third-order valence-corrected chi connectivity index (χ3v) is 4.20. The lowest BCUT2D eigenvalue weighted by Crippen LogP contribution is -2.29. The maximum absolute atomic E-state index is 11.0. The number of cyclic esters (lactones) is 1. The standard InChI is InChI=1S/C15H20N2O2/c1-17-8-6-12(7-9-17)11-2-4-13(5-3-11)14-10-19-15(18)16-14/h2-5,12,14H,6-10H2,1H3,(H,16,18). The molecule has 1 aromatic carbocycles. The van der Waals surface area contributed by atoms with E-state index in [-0.39, 0.29) is 12.1 Å². The predicted octanol–water partition coefficient (Wildman–Crippen LogP) is 2.28. The monoisotopic (exact) mass is 260 g/mol. The minimum atomic E-state index is -0.315. The van der Waals surface area contributed by atoms with Crippen LogP contribution in [-0.4, -0.2) is 37.7 Å². The fraction of sp³-hybridized carbons (Fsp3) is 0.533. The summed E-state index contributed by atoms with van der Waals surface area (Å²) in [5.74, 6) is 0.680. The Bertz CT molecular complexity index is 450. The molecule has 2 fully saturated rings. The van der Waals surface area contributed by atoms with Gasteiger partial charge in [0.15, 0.2) is 0 Å². The summed E-state index contributed by atoms with van der Waals surface area (Å²) >= 11 is 0. The Kier molecular flexibility index (Phi) is 3.42. The van der Waals surface area contributed by atoms with Crippen LogP contribution in [0.5, 0.6) is 0 Å². The predicted molar refractivity (Wildman–Crippen MR) is 73.1 cm³/mol. The number of nitrogens with one attached hydrogen (secondary N) is 1. The van der Waals surface area contributed by atoms with Crippen LogP contribution in [-0.2, 0) is 4.74 Å².